The Morgan fingerprint density at radius 2 is 2.50 bits per heavy atom. The van der Waals surface area contributed by atoms with Gasteiger partial charge in [0.2, 0.25) is 0 Å². The topological polar surface area (TPSA) is 32.9 Å². The van der Waals surface area contributed by atoms with Crippen molar-refractivity contribution in [3.8, 4) is 0 Å². The summed E-state index contributed by atoms with van der Waals surface area (Å²) >= 11 is 1.40. The van der Waals surface area contributed by atoms with E-state index in [-0.39, 0.29) is 5.56 Å². The highest BCUT2D eigenvalue weighted by Gasteiger charge is 1.88. The van der Waals surface area contributed by atoms with Crippen LogP contribution in [0.1, 0.15) is 13.3 Å². The predicted octanol–water partition coefficient (Wildman–Crippen LogP) is 0.0372. The number of aromatic amines is 1. The van der Waals surface area contributed by atoms with Crippen LogP contribution in [-0.2, 0) is 0 Å². The number of hydrogen-bond acceptors (Lipinski definition) is 2. The summed E-state index contributed by atoms with van der Waals surface area (Å²) in [6.07, 6.45) is 2.79. The van der Waals surface area contributed by atoms with E-state index >= 15 is 0 Å². The van der Waals surface area contributed by atoms with Gasteiger partial charge in [0.05, 0.1) is 9.20 Å². The third kappa shape index (κ3) is 1.36. The summed E-state index contributed by atoms with van der Waals surface area (Å²) in [5.74, 6) is 0. The van der Waals surface area contributed by atoms with Gasteiger partial charge in [-0.3, -0.25) is 4.79 Å². The van der Waals surface area contributed by atoms with E-state index in [1.54, 1.807) is 0 Å². The van der Waals surface area contributed by atoms with Gasteiger partial charge in [0.25, 0.3) is 5.56 Å². The van der Waals surface area contributed by atoms with Crippen molar-refractivity contribution in [2.75, 3.05) is 0 Å². The van der Waals surface area contributed by atoms with Crippen LogP contribution in [0.25, 0.3) is 12.7 Å². The number of thiazole rings is 1. The predicted molar refractivity (Wildman–Crippen MR) is 44.5 cm³/mol. The number of aromatic nitrogens is 1. The molecule has 3 heteroatoms. The summed E-state index contributed by atoms with van der Waals surface area (Å²) in [5.41, 5.74) is -0.0168. The van der Waals surface area contributed by atoms with Crippen LogP contribution in [0.15, 0.2) is 4.79 Å². The lowest BCUT2D eigenvalue weighted by atomic mass is 10.4. The Labute approximate surface area is 62.5 Å². The van der Waals surface area contributed by atoms with Crippen LogP contribution in [0.4, 0.5) is 0 Å². The first kappa shape index (κ1) is 7.28. The zero-order valence-corrected chi connectivity index (χ0v) is 6.62. The molecule has 0 spiro atoms. The fourth-order valence-electron chi connectivity index (χ4n) is 0.713. The van der Waals surface area contributed by atoms with Gasteiger partial charge in [-0.05, 0) is 6.42 Å². The lowest BCUT2D eigenvalue weighted by Crippen LogP contribution is -2.19. The minimum Gasteiger partial charge on any atom is -0.313 e. The van der Waals surface area contributed by atoms with Crippen LogP contribution in [-0.4, -0.2) is 4.98 Å². The van der Waals surface area contributed by atoms with Crippen LogP contribution in [0.3, 0.4) is 0 Å². The van der Waals surface area contributed by atoms with E-state index in [1.807, 2.05) is 13.0 Å². The molecule has 0 radical (unpaired) electrons. The Bertz CT molecular complexity index is 360. The second kappa shape index (κ2) is 2.84. The third-order valence-electron chi connectivity index (χ3n) is 1.10. The number of H-pyrrole nitrogens is 1. The zero-order valence-electron chi connectivity index (χ0n) is 5.81. The highest BCUT2D eigenvalue weighted by molar-refractivity contribution is 7.07. The Hall–Kier alpha value is -0.830. The molecule has 2 nitrogen and oxygen atoms in total. The van der Waals surface area contributed by atoms with Crippen molar-refractivity contribution in [2.45, 2.75) is 13.3 Å². The van der Waals surface area contributed by atoms with E-state index < -0.39 is 0 Å². The van der Waals surface area contributed by atoms with Crippen LogP contribution in [0.5, 0.6) is 0 Å². The molecule has 0 saturated heterocycles. The van der Waals surface area contributed by atoms with Gasteiger partial charge in [0, 0.05) is 0 Å². The molecule has 0 atom stereocenters. The molecular weight excluding hydrogens is 146 g/mol. The zero-order chi connectivity index (χ0) is 7.56. The SMILES string of the molecule is C=c1[nH]c(=O)/c(=C/CC)s1. The van der Waals surface area contributed by atoms with E-state index in [2.05, 4.69) is 11.6 Å². The fourth-order valence-corrected chi connectivity index (χ4v) is 1.52. The van der Waals surface area contributed by atoms with E-state index in [0.29, 0.717) is 0 Å². The summed E-state index contributed by atoms with van der Waals surface area (Å²) in [6, 6.07) is 0. The fraction of sp³-hybridized carbons (Fsp3) is 0.286. The number of nitrogens with one attached hydrogen (secondary N) is 1. The minimum absolute atomic E-state index is 0.0168. The maximum absolute atomic E-state index is 10.9. The minimum atomic E-state index is -0.0168. The normalized spacial score (nSPS) is 12.3. The van der Waals surface area contributed by atoms with Crippen molar-refractivity contribution in [2.24, 2.45) is 0 Å². The molecule has 0 saturated carbocycles. The van der Waals surface area contributed by atoms with E-state index in [9.17, 15) is 4.79 Å². The van der Waals surface area contributed by atoms with Crippen molar-refractivity contribution in [3.63, 3.8) is 0 Å². The molecule has 0 fully saturated rings. The highest BCUT2D eigenvalue weighted by atomic mass is 32.1. The molecule has 0 unspecified atom stereocenters. The van der Waals surface area contributed by atoms with Gasteiger partial charge >= 0.3 is 0 Å². The third-order valence-corrected chi connectivity index (χ3v) is 2.02. The first-order valence-corrected chi connectivity index (χ1v) is 3.94. The monoisotopic (exact) mass is 155 g/mol. The Kier molecular flexibility index (Phi) is 2.06. The van der Waals surface area contributed by atoms with Gasteiger partial charge in [0.1, 0.15) is 0 Å². The van der Waals surface area contributed by atoms with Gasteiger partial charge in [-0.15, -0.1) is 11.3 Å². The molecule has 1 aromatic rings. The second-order valence-electron chi connectivity index (χ2n) is 1.96. The molecule has 0 amide bonds. The molecule has 0 aliphatic rings. The number of hydrogen-bond donors (Lipinski definition) is 1. The van der Waals surface area contributed by atoms with Crippen LogP contribution < -0.4 is 14.8 Å². The van der Waals surface area contributed by atoms with Gasteiger partial charge in [-0.25, -0.2) is 0 Å². The van der Waals surface area contributed by atoms with Gasteiger partial charge in [-0.2, -0.15) is 0 Å². The van der Waals surface area contributed by atoms with E-state index in [4.69, 9.17) is 0 Å². The maximum atomic E-state index is 10.9. The first-order valence-electron chi connectivity index (χ1n) is 3.12. The average Bonchev–Trinajstić information content (AvgIpc) is 2.13. The van der Waals surface area contributed by atoms with E-state index in [0.717, 1.165) is 15.6 Å². The molecule has 0 aromatic carbocycles. The summed E-state index contributed by atoms with van der Waals surface area (Å²) in [4.78, 5) is 13.5. The van der Waals surface area contributed by atoms with Crippen molar-refractivity contribution in [1.29, 1.82) is 0 Å². The maximum Gasteiger partial charge on any atom is 0.266 e. The second-order valence-corrected chi connectivity index (χ2v) is 3.09. The Morgan fingerprint density at radius 3 is 2.90 bits per heavy atom. The lowest BCUT2D eigenvalue weighted by Gasteiger charge is -1.69. The molecular formula is C7H9NOS. The van der Waals surface area contributed by atoms with Crippen LogP contribution in [0, 0.1) is 0 Å². The van der Waals surface area contributed by atoms with Crippen molar-refractivity contribution in [1.82, 2.24) is 4.98 Å². The number of rotatable bonds is 1. The summed E-state index contributed by atoms with van der Waals surface area (Å²) in [6.45, 7) is 5.63. The Balaban J connectivity index is 3.43. The average molecular weight is 155 g/mol. The quantitative estimate of drug-likeness (QED) is 0.610. The van der Waals surface area contributed by atoms with Gasteiger partial charge in [-0.1, -0.05) is 19.6 Å². The summed E-state index contributed by atoms with van der Waals surface area (Å²) in [7, 11) is 0. The van der Waals surface area contributed by atoms with Gasteiger partial charge < -0.3 is 4.98 Å². The molecule has 1 aromatic heterocycles. The smallest absolute Gasteiger partial charge is 0.266 e. The molecule has 0 bridgehead atoms. The molecule has 10 heavy (non-hydrogen) atoms. The molecule has 54 valence electrons. The van der Waals surface area contributed by atoms with Crippen LogP contribution in [0.2, 0.25) is 0 Å². The molecule has 1 N–H and O–H groups in total. The summed E-state index contributed by atoms with van der Waals surface area (Å²) in [5, 5.41) is 0. The summed E-state index contributed by atoms with van der Waals surface area (Å²) < 4.78 is 1.50. The first-order chi connectivity index (χ1) is 4.74. The van der Waals surface area contributed by atoms with Crippen molar-refractivity contribution >= 4 is 24.0 Å². The molecule has 1 heterocycles. The van der Waals surface area contributed by atoms with Crippen LogP contribution >= 0.6 is 11.3 Å². The van der Waals surface area contributed by atoms with Gasteiger partial charge in [0.15, 0.2) is 0 Å². The molecule has 0 aliphatic carbocycles. The molecule has 0 aliphatic heterocycles. The molecule has 1 rings (SSSR count). The highest BCUT2D eigenvalue weighted by Crippen LogP contribution is 1.74. The van der Waals surface area contributed by atoms with Crippen molar-refractivity contribution in [3.05, 3.63) is 19.5 Å². The standard InChI is InChI=1S/C7H9NOS/c1-3-4-6-7(9)8-5(2)10-6/h4H,2-3H2,1H3,(H,8,9)/b6-4-. The largest absolute Gasteiger partial charge is 0.313 e. The van der Waals surface area contributed by atoms with E-state index in [1.165, 1.54) is 11.3 Å². The van der Waals surface area contributed by atoms with Crippen molar-refractivity contribution < 1.29 is 0 Å². The lowest BCUT2D eigenvalue weighted by molar-refractivity contribution is 1.24. The Morgan fingerprint density at radius 1 is 1.80 bits per heavy atom.